The zero-order valence-electron chi connectivity index (χ0n) is 20.5. The number of esters is 1. The number of hydrogen-bond acceptors (Lipinski definition) is 12. The number of aliphatic hydroxyl groups excluding tert-OH is 3. The lowest BCUT2D eigenvalue weighted by Crippen LogP contribution is -2.56. The molecule has 1 heterocycles. The number of aliphatic hydroxyl groups is 3. The number of rotatable bonds is 7. The highest BCUT2D eigenvalue weighted by atomic mass is 16.6. The van der Waals surface area contributed by atoms with Crippen molar-refractivity contribution in [2.24, 2.45) is 0 Å². The number of ether oxygens (including phenoxy) is 3. The number of carbonyl (C=O) groups is 2. The van der Waals surface area contributed by atoms with E-state index in [0.29, 0.717) is 0 Å². The smallest absolute Gasteiger partial charge is 0.338 e. The first-order valence-electron chi connectivity index (χ1n) is 11.7. The molecule has 0 aromatic heterocycles. The molecule has 1 aliphatic heterocycles. The number of carbonyl (C=O) groups excluding carboxylic acids is 2. The number of methoxy groups -OCH3 is 1. The van der Waals surface area contributed by atoms with Crippen molar-refractivity contribution in [1.82, 2.24) is 0 Å². The molecule has 39 heavy (non-hydrogen) atoms. The van der Waals surface area contributed by atoms with Gasteiger partial charge in [-0.05, 0) is 48.5 Å². The number of phenolic OH excluding ortho intramolecular Hbond substituents is 4. The number of benzene rings is 3. The van der Waals surface area contributed by atoms with Crippen molar-refractivity contribution in [3.05, 3.63) is 76.9 Å². The van der Waals surface area contributed by atoms with Crippen molar-refractivity contribution >= 4 is 11.8 Å². The minimum Gasteiger partial charge on any atom is -0.508 e. The first-order chi connectivity index (χ1) is 18.6. The van der Waals surface area contributed by atoms with Crippen LogP contribution in [0.25, 0.3) is 0 Å². The summed E-state index contributed by atoms with van der Waals surface area (Å²) in [7, 11) is 1.19. The molecule has 206 valence electrons. The topological polar surface area (TPSA) is 203 Å². The lowest BCUT2D eigenvalue weighted by atomic mass is 9.88. The molecule has 1 aliphatic rings. The molecule has 5 atom stereocenters. The van der Waals surface area contributed by atoms with Crippen LogP contribution in [0.5, 0.6) is 28.7 Å². The van der Waals surface area contributed by atoms with Gasteiger partial charge in [0.25, 0.3) is 0 Å². The average molecular weight is 542 g/mol. The summed E-state index contributed by atoms with van der Waals surface area (Å²) in [6.45, 7) is -0.770. The maximum absolute atomic E-state index is 13.2. The van der Waals surface area contributed by atoms with Gasteiger partial charge in [-0.15, -0.1) is 0 Å². The molecular weight excluding hydrogens is 516 g/mol. The summed E-state index contributed by atoms with van der Waals surface area (Å²) < 4.78 is 16.5. The molecule has 0 spiro atoms. The average Bonchev–Trinajstić information content (AvgIpc) is 2.92. The van der Waals surface area contributed by atoms with Crippen molar-refractivity contribution in [2.45, 2.75) is 30.5 Å². The predicted molar refractivity (Wildman–Crippen MR) is 132 cm³/mol. The monoisotopic (exact) mass is 542 g/mol. The molecule has 1 fully saturated rings. The molecule has 7 N–H and O–H groups in total. The van der Waals surface area contributed by atoms with E-state index in [1.165, 1.54) is 55.6 Å². The standard InChI is InChI=1S/C27H26O12/c1-37-17-10-16(31)19(21(32)12-2-6-14(29)7-3-12)23(34)20(17)25-26(24(35)22(33)18(11-28)38-25)39-27(36)13-4-8-15(30)9-5-13/h2-10,18,22,24-26,28-31,33-35H,11H2,1H3/t18-,22-,24-,25+,26-/m1/s1. The second-order valence-corrected chi connectivity index (χ2v) is 8.79. The van der Waals surface area contributed by atoms with E-state index >= 15 is 0 Å². The van der Waals surface area contributed by atoms with E-state index in [-0.39, 0.29) is 33.9 Å². The van der Waals surface area contributed by atoms with Crippen LogP contribution in [-0.2, 0) is 9.47 Å². The quantitative estimate of drug-likeness (QED) is 0.166. The highest BCUT2D eigenvalue weighted by Gasteiger charge is 2.49. The normalized spacial score (nSPS) is 22.7. The first kappa shape index (κ1) is 27.7. The Hall–Kier alpha value is -4.36. The molecule has 4 rings (SSSR count). The summed E-state index contributed by atoms with van der Waals surface area (Å²) in [6, 6.07) is 11.0. The summed E-state index contributed by atoms with van der Waals surface area (Å²) in [5.41, 5.74) is -0.920. The molecule has 12 nitrogen and oxygen atoms in total. The second-order valence-electron chi connectivity index (χ2n) is 8.79. The molecule has 3 aromatic carbocycles. The first-order valence-corrected chi connectivity index (χ1v) is 11.7. The van der Waals surface area contributed by atoms with Crippen molar-refractivity contribution < 1.29 is 59.5 Å². The van der Waals surface area contributed by atoms with E-state index in [1.54, 1.807) is 0 Å². The third-order valence-corrected chi connectivity index (χ3v) is 6.36. The van der Waals surface area contributed by atoms with Gasteiger partial charge in [0.2, 0.25) is 5.78 Å². The van der Waals surface area contributed by atoms with E-state index < -0.39 is 65.9 Å². The zero-order valence-corrected chi connectivity index (χ0v) is 20.5. The summed E-state index contributed by atoms with van der Waals surface area (Å²) >= 11 is 0. The Morgan fingerprint density at radius 3 is 1.97 bits per heavy atom. The van der Waals surface area contributed by atoms with Gasteiger partial charge in [-0.2, -0.15) is 0 Å². The fourth-order valence-electron chi connectivity index (χ4n) is 4.32. The van der Waals surface area contributed by atoms with Gasteiger partial charge in [0.1, 0.15) is 58.7 Å². The van der Waals surface area contributed by atoms with Crippen molar-refractivity contribution in [3.8, 4) is 28.7 Å². The minimum absolute atomic E-state index is 0.00178. The van der Waals surface area contributed by atoms with Gasteiger partial charge in [-0.25, -0.2) is 4.79 Å². The summed E-state index contributed by atoms with van der Waals surface area (Å²) in [5, 5.41) is 72.0. The van der Waals surface area contributed by atoms with E-state index in [9.17, 15) is 45.3 Å². The fraction of sp³-hybridized carbons (Fsp3) is 0.259. The molecule has 0 amide bonds. The lowest BCUT2D eigenvalue weighted by Gasteiger charge is -2.42. The number of hydrogen-bond donors (Lipinski definition) is 7. The van der Waals surface area contributed by atoms with Crippen molar-refractivity contribution in [2.75, 3.05) is 13.7 Å². The molecular formula is C27H26O12. The Labute approximate surface area is 221 Å². The van der Waals surface area contributed by atoms with Gasteiger partial charge in [-0.1, -0.05) is 0 Å². The van der Waals surface area contributed by atoms with Crippen LogP contribution in [-0.4, -0.2) is 85.6 Å². The largest absolute Gasteiger partial charge is 0.508 e. The minimum atomic E-state index is -1.84. The third-order valence-electron chi connectivity index (χ3n) is 6.36. The third kappa shape index (κ3) is 5.31. The molecule has 0 aliphatic carbocycles. The maximum Gasteiger partial charge on any atom is 0.338 e. The Morgan fingerprint density at radius 1 is 0.872 bits per heavy atom. The molecule has 12 heteroatoms. The molecule has 0 radical (unpaired) electrons. The Morgan fingerprint density at radius 2 is 1.44 bits per heavy atom. The van der Waals surface area contributed by atoms with Crippen LogP contribution in [0.15, 0.2) is 54.6 Å². The number of ketones is 1. The van der Waals surface area contributed by atoms with Gasteiger partial charge in [0.05, 0.1) is 24.8 Å². The van der Waals surface area contributed by atoms with E-state index in [4.69, 9.17) is 14.2 Å². The van der Waals surface area contributed by atoms with Crippen molar-refractivity contribution in [1.29, 1.82) is 0 Å². The van der Waals surface area contributed by atoms with Gasteiger partial charge in [-0.3, -0.25) is 4.79 Å². The second kappa shape index (κ2) is 11.2. The predicted octanol–water partition coefficient (Wildman–Crippen LogP) is 1.13. The van der Waals surface area contributed by atoms with E-state index in [2.05, 4.69) is 0 Å². The summed E-state index contributed by atoms with van der Waals surface area (Å²) in [6.07, 6.45) is -8.26. The van der Waals surface area contributed by atoms with E-state index in [1.807, 2.05) is 0 Å². The van der Waals surface area contributed by atoms with Crippen LogP contribution in [0.4, 0.5) is 0 Å². The number of phenols is 4. The molecule has 0 unspecified atom stereocenters. The van der Waals surface area contributed by atoms with E-state index in [0.717, 1.165) is 6.07 Å². The highest BCUT2D eigenvalue weighted by molar-refractivity contribution is 6.13. The van der Waals surface area contributed by atoms with Crippen LogP contribution in [0.1, 0.15) is 37.9 Å². The van der Waals surface area contributed by atoms with Crippen LogP contribution >= 0.6 is 0 Å². The van der Waals surface area contributed by atoms with Gasteiger partial charge in [0.15, 0.2) is 6.10 Å². The Balaban J connectivity index is 1.82. The molecule has 0 bridgehead atoms. The SMILES string of the molecule is COc1cc(O)c(C(=O)c2ccc(O)cc2)c(O)c1[C@@H]1O[C@H](CO)[C@@H](O)[C@@H](O)[C@H]1OC(=O)c1ccc(O)cc1. The lowest BCUT2D eigenvalue weighted by molar-refractivity contribution is -0.232. The van der Waals surface area contributed by atoms with Crippen LogP contribution in [0, 0.1) is 0 Å². The van der Waals surface area contributed by atoms with Crippen LogP contribution in [0.3, 0.4) is 0 Å². The maximum atomic E-state index is 13.2. The zero-order chi connectivity index (χ0) is 28.4. The van der Waals surface area contributed by atoms with Gasteiger partial charge < -0.3 is 50.0 Å². The van der Waals surface area contributed by atoms with Crippen LogP contribution < -0.4 is 4.74 Å². The molecule has 0 saturated carbocycles. The Kier molecular flexibility index (Phi) is 7.93. The van der Waals surface area contributed by atoms with Crippen molar-refractivity contribution in [3.63, 3.8) is 0 Å². The van der Waals surface area contributed by atoms with Crippen LogP contribution in [0.2, 0.25) is 0 Å². The highest BCUT2D eigenvalue weighted by Crippen LogP contribution is 2.47. The summed E-state index contributed by atoms with van der Waals surface area (Å²) in [4.78, 5) is 26.1. The van der Waals surface area contributed by atoms with Gasteiger partial charge >= 0.3 is 5.97 Å². The Bertz CT molecular complexity index is 1350. The van der Waals surface area contributed by atoms with Gasteiger partial charge in [0, 0.05) is 11.6 Å². The summed E-state index contributed by atoms with van der Waals surface area (Å²) in [5.74, 6) is -3.78. The molecule has 3 aromatic rings. The molecule has 1 saturated heterocycles. The number of aromatic hydroxyl groups is 4. The fourth-order valence-corrected chi connectivity index (χ4v) is 4.32.